The van der Waals surface area contributed by atoms with E-state index in [1.54, 1.807) is 43.3 Å². The molecule has 0 bridgehead atoms. The van der Waals surface area contributed by atoms with E-state index in [0.29, 0.717) is 35.7 Å². The van der Waals surface area contributed by atoms with Crippen molar-refractivity contribution in [1.29, 1.82) is 0 Å². The van der Waals surface area contributed by atoms with Gasteiger partial charge < -0.3 is 9.84 Å². The van der Waals surface area contributed by atoms with Crippen LogP contribution in [-0.2, 0) is 11.3 Å². The standard InChI is InChI=1S/C24H24N4O4/c1-3-23(30)28-25-15-16-9-11-18(12-10-16)26-27-20-13-19(21(29)14-22(20)32-2)24(31)17-7-5-4-6-8-17/h4-14,25,29H,3,15H2,1-2H3,(H,28,30). The molecule has 164 valence electrons. The number of phenols is 1. The SMILES string of the molecule is CCC(=O)NNCc1ccc(N=Nc2cc(C(=O)c3ccccc3)c(O)cc2OC)cc1. The molecule has 0 unspecified atom stereocenters. The topological polar surface area (TPSA) is 112 Å². The molecule has 0 saturated carbocycles. The minimum atomic E-state index is -0.325. The largest absolute Gasteiger partial charge is 0.507 e. The molecule has 8 heteroatoms. The van der Waals surface area contributed by atoms with E-state index in [0.717, 1.165) is 5.56 Å². The van der Waals surface area contributed by atoms with Crippen molar-refractivity contribution in [2.24, 2.45) is 10.2 Å². The number of hydrazine groups is 1. The third-order valence-electron chi connectivity index (χ3n) is 4.63. The van der Waals surface area contributed by atoms with Crippen LogP contribution in [0.25, 0.3) is 0 Å². The van der Waals surface area contributed by atoms with Crippen molar-refractivity contribution < 1.29 is 19.4 Å². The van der Waals surface area contributed by atoms with E-state index in [2.05, 4.69) is 21.1 Å². The van der Waals surface area contributed by atoms with Crippen molar-refractivity contribution >= 4 is 23.1 Å². The second kappa shape index (κ2) is 10.8. The molecule has 0 aromatic heterocycles. The Morgan fingerprint density at radius 3 is 2.38 bits per heavy atom. The summed E-state index contributed by atoms with van der Waals surface area (Å²) in [6.07, 6.45) is 0.408. The number of hydrogen-bond donors (Lipinski definition) is 3. The molecule has 3 aromatic carbocycles. The molecule has 0 atom stereocenters. The quantitative estimate of drug-likeness (QED) is 0.260. The van der Waals surface area contributed by atoms with Gasteiger partial charge in [0, 0.05) is 24.6 Å². The van der Waals surface area contributed by atoms with E-state index in [1.807, 2.05) is 18.2 Å². The number of carbonyl (C=O) groups excluding carboxylic acids is 2. The lowest BCUT2D eigenvalue weighted by Crippen LogP contribution is -2.36. The highest BCUT2D eigenvalue weighted by atomic mass is 16.5. The number of nitrogens with one attached hydrogen (secondary N) is 2. The van der Waals surface area contributed by atoms with Crippen LogP contribution in [0.1, 0.15) is 34.8 Å². The van der Waals surface area contributed by atoms with Crippen LogP contribution in [-0.4, -0.2) is 23.9 Å². The molecule has 8 nitrogen and oxygen atoms in total. The van der Waals surface area contributed by atoms with Crippen LogP contribution in [0.2, 0.25) is 0 Å². The summed E-state index contributed by atoms with van der Waals surface area (Å²) in [7, 11) is 1.45. The summed E-state index contributed by atoms with van der Waals surface area (Å²) >= 11 is 0. The van der Waals surface area contributed by atoms with Crippen LogP contribution in [0.4, 0.5) is 11.4 Å². The molecule has 0 fully saturated rings. The van der Waals surface area contributed by atoms with Gasteiger partial charge in [0.15, 0.2) is 5.78 Å². The Bertz CT molecular complexity index is 1110. The van der Waals surface area contributed by atoms with E-state index in [9.17, 15) is 14.7 Å². The Morgan fingerprint density at radius 2 is 1.72 bits per heavy atom. The molecule has 3 aromatic rings. The molecule has 0 aliphatic rings. The van der Waals surface area contributed by atoms with Gasteiger partial charge in [-0.1, -0.05) is 49.4 Å². The second-order valence-electron chi connectivity index (χ2n) is 6.86. The van der Waals surface area contributed by atoms with E-state index < -0.39 is 0 Å². The van der Waals surface area contributed by atoms with Crippen molar-refractivity contribution in [3.63, 3.8) is 0 Å². The summed E-state index contributed by atoms with van der Waals surface area (Å²) in [6, 6.07) is 18.8. The number of aromatic hydroxyl groups is 1. The fraction of sp³-hybridized carbons (Fsp3) is 0.167. The van der Waals surface area contributed by atoms with Gasteiger partial charge in [-0.15, -0.1) is 5.11 Å². The van der Waals surface area contributed by atoms with Crippen LogP contribution in [0, 0.1) is 0 Å². The van der Waals surface area contributed by atoms with Crippen LogP contribution in [0.5, 0.6) is 11.5 Å². The highest BCUT2D eigenvalue weighted by Crippen LogP contribution is 2.36. The van der Waals surface area contributed by atoms with Crippen molar-refractivity contribution in [3.8, 4) is 11.5 Å². The van der Waals surface area contributed by atoms with Crippen LogP contribution in [0.15, 0.2) is 77.0 Å². The first-order chi connectivity index (χ1) is 15.5. The maximum Gasteiger partial charge on any atom is 0.233 e. The monoisotopic (exact) mass is 432 g/mol. The molecule has 3 rings (SSSR count). The number of rotatable bonds is 9. The van der Waals surface area contributed by atoms with Crippen LogP contribution >= 0.6 is 0 Å². The maximum absolute atomic E-state index is 12.8. The Labute approximate surface area is 185 Å². The Kier molecular flexibility index (Phi) is 7.66. The molecular formula is C24H24N4O4. The summed E-state index contributed by atoms with van der Waals surface area (Å²) in [5.74, 6) is -0.303. The van der Waals surface area contributed by atoms with Crippen molar-refractivity contribution in [2.45, 2.75) is 19.9 Å². The summed E-state index contributed by atoms with van der Waals surface area (Å²) in [5, 5.41) is 18.7. The van der Waals surface area contributed by atoms with Gasteiger partial charge in [-0.3, -0.25) is 15.0 Å². The number of azo groups is 1. The lowest BCUT2D eigenvalue weighted by Gasteiger charge is -2.09. The van der Waals surface area contributed by atoms with Crippen molar-refractivity contribution in [1.82, 2.24) is 10.9 Å². The fourth-order valence-corrected chi connectivity index (χ4v) is 2.85. The molecule has 0 radical (unpaired) electrons. The van der Waals surface area contributed by atoms with Gasteiger partial charge in [-0.25, -0.2) is 5.43 Å². The van der Waals surface area contributed by atoms with Crippen LogP contribution in [0.3, 0.4) is 0 Å². The van der Waals surface area contributed by atoms with Gasteiger partial charge in [0.2, 0.25) is 5.91 Å². The van der Waals surface area contributed by atoms with Gasteiger partial charge in [0.25, 0.3) is 0 Å². The van der Waals surface area contributed by atoms with Crippen LogP contribution < -0.4 is 15.6 Å². The minimum absolute atomic E-state index is 0.0802. The number of hydrogen-bond acceptors (Lipinski definition) is 7. The smallest absolute Gasteiger partial charge is 0.233 e. The molecule has 0 spiro atoms. The molecular weight excluding hydrogens is 408 g/mol. The predicted molar refractivity (Wildman–Crippen MR) is 120 cm³/mol. The second-order valence-corrected chi connectivity index (χ2v) is 6.86. The number of methoxy groups -OCH3 is 1. The zero-order valence-corrected chi connectivity index (χ0v) is 17.8. The molecule has 0 heterocycles. The van der Waals surface area contributed by atoms with Gasteiger partial charge in [-0.2, -0.15) is 5.11 Å². The third kappa shape index (κ3) is 5.77. The number of benzene rings is 3. The first-order valence-electron chi connectivity index (χ1n) is 10.0. The molecule has 0 saturated heterocycles. The number of ketones is 1. The van der Waals surface area contributed by atoms with Crippen molar-refractivity contribution in [3.05, 3.63) is 83.4 Å². The molecule has 1 amide bonds. The summed E-state index contributed by atoms with van der Waals surface area (Å²) < 4.78 is 5.28. The van der Waals surface area contributed by atoms with Gasteiger partial charge in [-0.05, 0) is 23.8 Å². The highest BCUT2D eigenvalue weighted by Gasteiger charge is 2.17. The fourth-order valence-electron chi connectivity index (χ4n) is 2.85. The minimum Gasteiger partial charge on any atom is -0.507 e. The number of amides is 1. The lowest BCUT2D eigenvalue weighted by atomic mass is 10.0. The predicted octanol–water partition coefficient (Wildman–Crippen LogP) is 4.58. The highest BCUT2D eigenvalue weighted by molar-refractivity contribution is 6.11. The molecule has 3 N–H and O–H groups in total. The van der Waals surface area contributed by atoms with Gasteiger partial charge >= 0.3 is 0 Å². The number of nitrogens with zero attached hydrogens (tertiary/aromatic N) is 2. The van der Waals surface area contributed by atoms with E-state index >= 15 is 0 Å². The molecule has 0 aliphatic carbocycles. The van der Waals surface area contributed by atoms with Gasteiger partial charge in [0.05, 0.1) is 18.4 Å². The summed E-state index contributed by atoms with van der Waals surface area (Å²) in [4.78, 5) is 24.0. The molecule has 0 aliphatic heterocycles. The Balaban J connectivity index is 1.77. The molecule has 32 heavy (non-hydrogen) atoms. The third-order valence-corrected chi connectivity index (χ3v) is 4.63. The maximum atomic E-state index is 12.8. The van der Waals surface area contributed by atoms with E-state index in [4.69, 9.17) is 4.74 Å². The lowest BCUT2D eigenvalue weighted by molar-refractivity contribution is -0.121. The first kappa shape index (κ1) is 22.6. The van der Waals surface area contributed by atoms with E-state index in [-0.39, 0.29) is 23.0 Å². The normalized spacial score (nSPS) is 10.8. The Hall–Kier alpha value is -4.04. The average Bonchev–Trinajstić information content (AvgIpc) is 2.83. The zero-order chi connectivity index (χ0) is 22.9. The zero-order valence-electron chi connectivity index (χ0n) is 17.8. The number of carbonyl (C=O) groups is 2. The van der Waals surface area contributed by atoms with Gasteiger partial charge in [0.1, 0.15) is 17.2 Å². The Morgan fingerprint density at radius 1 is 1.00 bits per heavy atom. The summed E-state index contributed by atoms with van der Waals surface area (Å²) in [6.45, 7) is 2.25. The van der Waals surface area contributed by atoms with E-state index in [1.165, 1.54) is 19.2 Å². The number of phenolic OH excluding ortho intramolecular Hbond substituents is 1. The van der Waals surface area contributed by atoms with Crippen molar-refractivity contribution in [2.75, 3.05) is 7.11 Å². The number of ether oxygens (including phenoxy) is 1. The first-order valence-corrected chi connectivity index (χ1v) is 10.0. The average molecular weight is 432 g/mol. The summed E-state index contributed by atoms with van der Waals surface area (Å²) in [5.41, 5.74) is 7.88.